The molecule has 2 saturated carbocycles. The van der Waals surface area contributed by atoms with E-state index in [0.29, 0.717) is 0 Å². The van der Waals surface area contributed by atoms with Crippen molar-refractivity contribution < 1.29 is 4.79 Å². The maximum absolute atomic E-state index is 10.7. The summed E-state index contributed by atoms with van der Waals surface area (Å²) in [6.45, 7) is 1.17. The standard InChI is InChI=1S/C14H19NOS/c1-15(14-5-4-13(9-16)17-14)8-12-7-10-2-3-11(12)6-10/h4-5,9-12H,2-3,6-8H2,1H3. The van der Waals surface area contributed by atoms with Gasteiger partial charge in [0.1, 0.15) is 0 Å². The van der Waals surface area contributed by atoms with Crippen molar-refractivity contribution in [2.45, 2.75) is 25.7 Å². The zero-order valence-corrected chi connectivity index (χ0v) is 11.1. The first-order valence-corrected chi connectivity index (χ1v) is 7.34. The third-order valence-corrected chi connectivity index (χ3v) is 5.62. The summed E-state index contributed by atoms with van der Waals surface area (Å²) in [4.78, 5) is 13.9. The Balaban J connectivity index is 1.63. The molecule has 3 unspecified atom stereocenters. The first-order chi connectivity index (χ1) is 8.26. The highest BCUT2D eigenvalue weighted by Crippen LogP contribution is 2.48. The molecule has 1 aromatic heterocycles. The van der Waals surface area contributed by atoms with E-state index < -0.39 is 0 Å². The van der Waals surface area contributed by atoms with Crippen LogP contribution >= 0.6 is 11.3 Å². The van der Waals surface area contributed by atoms with E-state index in [0.717, 1.165) is 28.9 Å². The van der Waals surface area contributed by atoms with Gasteiger partial charge in [0.2, 0.25) is 0 Å². The molecule has 0 radical (unpaired) electrons. The van der Waals surface area contributed by atoms with Gasteiger partial charge in [-0.2, -0.15) is 0 Å². The molecule has 2 nitrogen and oxygen atoms in total. The molecule has 1 heterocycles. The smallest absolute Gasteiger partial charge is 0.160 e. The Morgan fingerprint density at radius 2 is 2.29 bits per heavy atom. The van der Waals surface area contributed by atoms with Gasteiger partial charge < -0.3 is 4.90 Å². The zero-order valence-electron chi connectivity index (χ0n) is 10.3. The van der Waals surface area contributed by atoms with Crippen LogP contribution in [0, 0.1) is 17.8 Å². The predicted octanol–water partition coefficient (Wildman–Crippen LogP) is 3.43. The SMILES string of the molecule is CN(CC1CC2CCC1C2)c1ccc(C=O)s1. The van der Waals surface area contributed by atoms with Crippen molar-refractivity contribution >= 4 is 22.6 Å². The van der Waals surface area contributed by atoms with Gasteiger partial charge >= 0.3 is 0 Å². The Labute approximate surface area is 107 Å². The molecule has 0 saturated heterocycles. The normalized spacial score (nSPS) is 30.8. The van der Waals surface area contributed by atoms with Gasteiger partial charge in [-0.25, -0.2) is 0 Å². The van der Waals surface area contributed by atoms with E-state index in [1.165, 1.54) is 37.2 Å². The minimum absolute atomic E-state index is 0.833. The number of rotatable bonds is 4. The van der Waals surface area contributed by atoms with Gasteiger partial charge in [-0.05, 0) is 49.1 Å². The number of carbonyl (C=O) groups excluding carboxylic acids is 1. The second-order valence-corrected chi connectivity index (χ2v) is 6.70. The van der Waals surface area contributed by atoms with Crippen LogP contribution in [0.15, 0.2) is 12.1 Å². The second-order valence-electron chi connectivity index (χ2n) is 5.61. The molecule has 3 heteroatoms. The van der Waals surface area contributed by atoms with Crippen molar-refractivity contribution in [3.8, 4) is 0 Å². The molecule has 2 aliphatic carbocycles. The van der Waals surface area contributed by atoms with Crippen molar-refractivity contribution in [2.75, 3.05) is 18.5 Å². The minimum Gasteiger partial charge on any atom is -0.366 e. The third kappa shape index (κ3) is 2.13. The Morgan fingerprint density at radius 1 is 1.41 bits per heavy atom. The van der Waals surface area contributed by atoms with Crippen LogP contribution in [0.2, 0.25) is 0 Å². The largest absolute Gasteiger partial charge is 0.366 e. The van der Waals surface area contributed by atoms with Crippen molar-refractivity contribution in [3.05, 3.63) is 17.0 Å². The molecule has 0 aliphatic heterocycles. The van der Waals surface area contributed by atoms with Gasteiger partial charge in [-0.1, -0.05) is 6.42 Å². The highest BCUT2D eigenvalue weighted by molar-refractivity contribution is 7.17. The molecular formula is C14H19NOS. The maximum Gasteiger partial charge on any atom is 0.160 e. The lowest BCUT2D eigenvalue weighted by atomic mass is 9.88. The van der Waals surface area contributed by atoms with Crippen molar-refractivity contribution in [1.82, 2.24) is 0 Å². The molecule has 92 valence electrons. The molecule has 0 spiro atoms. The fourth-order valence-electron chi connectivity index (χ4n) is 3.65. The van der Waals surface area contributed by atoms with Crippen LogP contribution in [0.5, 0.6) is 0 Å². The van der Waals surface area contributed by atoms with Crippen molar-refractivity contribution in [2.24, 2.45) is 17.8 Å². The molecule has 3 atom stereocenters. The quantitative estimate of drug-likeness (QED) is 0.762. The first-order valence-electron chi connectivity index (χ1n) is 6.52. The molecule has 2 fully saturated rings. The lowest BCUT2D eigenvalue weighted by molar-refractivity contribution is 0.112. The molecule has 0 N–H and O–H groups in total. The number of anilines is 1. The Bertz CT molecular complexity index is 414. The van der Waals surface area contributed by atoms with Crippen LogP contribution in [0.4, 0.5) is 5.00 Å². The number of hydrogen-bond donors (Lipinski definition) is 0. The van der Waals surface area contributed by atoms with Crippen molar-refractivity contribution in [3.63, 3.8) is 0 Å². The summed E-state index contributed by atoms with van der Waals surface area (Å²) in [5.41, 5.74) is 0. The van der Waals surface area contributed by atoms with Gasteiger partial charge in [0.15, 0.2) is 6.29 Å². The number of carbonyl (C=O) groups is 1. The van der Waals surface area contributed by atoms with Gasteiger partial charge in [-0.3, -0.25) is 4.79 Å². The Morgan fingerprint density at radius 3 is 2.88 bits per heavy atom. The van der Waals surface area contributed by atoms with Gasteiger partial charge in [0.25, 0.3) is 0 Å². The van der Waals surface area contributed by atoms with Crippen LogP contribution in [0.25, 0.3) is 0 Å². The molecule has 0 aromatic carbocycles. The topological polar surface area (TPSA) is 20.3 Å². The van der Waals surface area contributed by atoms with Crippen molar-refractivity contribution in [1.29, 1.82) is 0 Å². The number of hydrogen-bond acceptors (Lipinski definition) is 3. The number of thiophene rings is 1. The Kier molecular flexibility index (Phi) is 2.95. The highest BCUT2D eigenvalue weighted by atomic mass is 32.1. The number of aldehydes is 1. The van der Waals surface area contributed by atoms with Crippen LogP contribution in [0.1, 0.15) is 35.4 Å². The second kappa shape index (κ2) is 4.45. The van der Waals surface area contributed by atoms with E-state index in [2.05, 4.69) is 18.0 Å². The summed E-state index contributed by atoms with van der Waals surface area (Å²) in [6.07, 6.45) is 6.77. The first kappa shape index (κ1) is 11.3. The molecule has 3 rings (SSSR count). The summed E-state index contributed by atoms with van der Waals surface area (Å²) in [7, 11) is 2.16. The lowest BCUT2D eigenvalue weighted by Gasteiger charge is -2.27. The molecule has 2 bridgehead atoms. The highest BCUT2D eigenvalue weighted by Gasteiger charge is 2.39. The van der Waals surface area contributed by atoms with Crippen LogP contribution in [-0.4, -0.2) is 19.9 Å². The fourth-order valence-corrected chi connectivity index (χ4v) is 4.44. The molecule has 17 heavy (non-hydrogen) atoms. The minimum atomic E-state index is 0.833. The summed E-state index contributed by atoms with van der Waals surface area (Å²) < 4.78 is 0. The molecular weight excluding hydrogens is 230 g/mol. The monoisotopic (exact) mass is 249 g/mol. The lowest BCUT2D eigenvalue weighted by Crippen LogP contribution is -2.27. The van der Waals surface area contributed by atoms with E-state index in [9.17, 15) is 4.79 Å². The molecule has 2 aliphatic rings. The van der Waals surface area contributed by atoms with Gasteiger partial charge in [0.05, 0.1) is 9.88 Å². The van der Waals surface area contributed by atoms with E-state index in [1.54, 1.807) is 11.3 Å². The summed E-state index contributed by atoms with van der Waals surface area (Å²) >= 11 is 1.60. The summed E-state index contributed by atoms with van der Waals surface area (Å²) in [5, 5.41) is 1.23. The summed E-state index contributed by atoms with van der Waals surface area (Å²) in [5.74, 6) is 2.89. The Hall–Kier alpha value is -0.830. The van der Waals surface area contributed by atoms with E-state index in [4.69, 9.17) is 0 Å². The van der Waals surface area contributed by atoms with Gasteiger partial charge in [-0.15, -0.1) is 11.3 Å². The predicted molar refractivity (Wildman–Crippen MR) is 71.9 cm³/mol. The fraction of sp³-hybridized carbons (Fsp3) is 0.643. The summed E-state index contributed by atoms with van der Waals surface area (Å²) in [6, 6.07) is 3.99. The van der Waals surface area contributed by atoms with E-state index in [1.807, 2.05) is 6.07 Å². The van der Waals surface area contributed by atoms with E-state index >= 15 is 0 Å². The van der Waals surface area contributed by atoms with Gasteiger partial charge in [0, 0.05) is 13.6 Å². The maximum atomic E-state index is 10.7. The zero-order chi connectivity index (χ0) is 11.8. The average molecular weight is 249 g/mol. The van der Waals surface area contributed by atoms with Crippen LogP contribution in [0.3, 0.4) is 0 Å². The van der Waals surface area contributed by atoms with E-state index in [-0.39, 0.29) is 0 Å². The van der Waals surface area contributed by atoms with Crippen LogP contribution < -0.4 is 4.90 Å². The third-order valence-electron chi connectivity index (χ3n) is 4.50. The van der Waals surface area contributed by atoms with Crippen LogP contribution in [-0.2, 0) is 0 Å². The average Bonchev–Trinajstić information content (AvgIpc) is 3.04. The molecule has 1 aromatic rings. The number of fused-ring (bicyclic) bond motifs is 2. The number of nitrogens with zero attached hydrogens (tertiary/aromatic N) is 1. The molecule has 0 amide bonds.